The van der Waals surface area contributed by atoms with Crippen LogP contribution in [0.25, 0.3) is 23.0 Å². The van der Waals surface area contributed by atoms with Gasteiger partial charge in [-0.1, -0.05) is 34.6 Å². The summed E-state index contributed by atoms with van der Waals surface area (Å²) < 4.78 is 18.7. The van der Waals surface area contributed by atoms with Crippen LogP contribution < -0.4 is 4.74 Å². The molecule has 0 saturated heterocycles. The maximum absolute atomic E-state index is 6.08. The van der Waals surface area contributed by atoms with Crippen LogP contribution in [0.2, 0.25) is 0 Å². The summed E-state index contributed by atoms with van der Waals surface area (Å²) >= 11 is 0. The highest BCUT2D eigenvalue weighted by atomic mass is 16.5. The van der Waals surface area contributed by atoms with E-state index in [2.05, 4.69) is 34.3 Å². The zero-order valence-corrected chi connectivity index (χ0v) is 17.0. The standard InChI is InChI=1S/C22H21N5O3/c1-13-7-8-16(9-14(13)2)21-23-22(30-25-21)20-18-12-29-19(11-27(18)26-24-20)15-5-4-6-17(10-15)28-3/h4-10,19H,11-12H2,1-3H3/t19-/m1/s1. The molecular weight excluding hydrogens is 382 g/mol. The fourth-order valence-electron chi connectivity index (χ4n) is 3.54. The third-order valence-corrected chi connectivity index (χ3v) is 5.46. The molecule has 152 valence electrons. The predicted molar refractivity (Wildman–Crippen MR) is 109 cm³/mol. The van der Waals surface area contributed by atoms with Crippen molar-refractivity contribution in [3.05, 3.63) is 64.8 Å². The van der Waals surface area contributed by atoms with Gasteiger partial charge in [-0.2, -0.15) is 4.98 Å². The first kappa shape index (κ1) is 18.5. The van der Waals surface area contributed by atoms with E-state index in [9.17, 15) is 0 Å². The number of fused-ring (bicyclic) bond motifs is 1. The van der Waals surface area contributed by atoms with Crippen molar-refractivity contribution in [2.75, 3.05) is 7.11 Å². The minimum absolute atomic E-state index is 0.129. The SMILES string of the molecule is COc1cccc([C@H]2Cn3nnc(-c4nc(-c5ccc(C)c(C)c5)no4)c3CO2)c1. The Kier molecular flexibility index (Phi) is 4.55. The lowest BCUT2D eigenvalue weighted by molar-refractivity contribution is -0.00127. The molecule has 2 aromatic heterocycles. The van der Waals surface area contributed by atoms with Crippen LogP contribution in [0.3, 0.4) is 0 Å². The van der Waals surface area contributed by atoms with E-state index < -0.39 is 0 Å². The number of hydrogen-bond acceptors (Lipinski definition) is 7. The first-order chi connectivity index (χ1) is 14.6. The fourth-order valence-corrected chi connectivity index (χ4v) is 3.54. The average molecular weight is 403 g/mol. The average Bonchev–Trinajstić information content (AvgIpc) is 3.42. The van der Waals surface area contributed by atoms with Gasteiger partial charge < -0.3 is 14.0 Å². The van der Waals surface area contributed by atoms with E-state index >= 15 is 0 Å². The molecular formula is C22H21N5O3. The molecule has 8 nitrogen and oxygen atoms in total. The summed E-state index contributed by atoms with van der Waals surface area (Å²) in [5.41, 5.74) is 5.72. The zero-order valence-electron chi connectivity index (χ0n) is 17.0. The smallest absolute Gasteiger partial charge is 0.280 e. The predicted octanol–water partition coefficient (Wildman–Crippen LogP) is 3.89. The maximum Gasteiger partial charge on any atom is 0.280 e. The largest absolute Gasteiger partial charge is 0.497 e. The Hall–Kier alpha value is -3.52. The summed E-state index contributed by atoms with van der Waals surface area (Å²) in [6, 6.07) is 13.9. The van der Waals surface area contributed by atoms with Gasteiger partial charge in [0.1, 0.15) is 11.9 Å². The molecule has 30 heavy (non-hydrogen) atoms. The van der Waals surface area contributed by atoms with E-state index in [1.54, 1.807) is 7.11 Å². The van der Waals surface area contributed by atoms with Gasteiger partial charge in [-0.3, -0.25) is 0 Å². The summed E-state index contributed by atoms with van der Waals surface area (Å²) in [4.78, 5) is 4.54. The highest BCUT2D eigenvalue weighted by Crippen LogP contribution is 2.32. The van der Waals surface area contributed by atoms with Crippen molar-refractivity contribution in [2.24, 2.45) is 0 Å². The van der Waals surface area contributed by atoms with E-state index in [-0.39, 0.29) is 6.10 Å². The number of rotatable bonds is 4. The molecule has 8 heteroatoms. The first-order valence-electron chi connectivity index (χ1n) is 9.72. The molecule has 0 unspecified atom stereocenters. The summed E-state index contributed by atoms with van der Waals surface area (Å²) in [7, 11) is 1.65. The Balaban J connectivity index is 1.41. The van der Waals surface area contributed by atoms with Crippen LogP contribution >= 0.6 is 0 Å². The lowest BCUT2D eigenvalue weighted by Gasteiger charge is -2.24. The molecule has 0 amide bonds. The minimum Gasteiger partial charge on any atom is -0.497 e. The van der Waals surface area contributed by atoms with Crippen molar-refractivity contribution in [2.45, 2.75) is 33.1 Å². The Morgan fingerprint density at radius 2 is 2.00 bits per heavy atom. The summed E-state index contributed by atoms with van der Waals surface area (Å²) in [6.45, 7) is 5.04. The van der Waals surface area contributed by atoms with Crippen LogP contribution in [0.5, 0.6) is 5.75 Å². The second kappa shape index (κ2) is 7.38. The minimum atomic E-state index is -0.129. The van der Waals surface area contributed by atoms with Crippen molar-refractivity contribution < 1.29 is 14.0 Å². The van der Waals surface area contributed by atoms with Crippen molar-refractivity contribution in [3.63, 3.8) is 0 Å². The van der Waals surface area contributed by atoms with E-state index in [0.717, 1.165) is 22.6 Å². The van der Waals surface area contributed by atoms with Crippen LogP contribution in [0.4, 0.5) is 0 Å². The first-order valence-corrected chi connectivity index (χ1v) is 9.72. The quantitative estimate of drug-likeness (QED) is 0.511. The van der Waals surface area contributed by atoms with Crippen molar-refractivity contribution in [1.29, 1.82) is 0 Å². The van der Waals surface area contributed by atoms with Gasteiger partial charge >= 0.3 is 0 Å². The second-order valence-corrected chi connectivity index (χ2v) is 7.37. The van der Waals surface area contributed by atoms with Gasteiger partial charge in [-0.05, 0) is 48.7 Å². The number of hydrogen-bond donors (Lipinski definition) is 0. The van der Waals surface area contributed by atoms with Gasteiger partial charge in [0.25, 0.3) is 5.89 Å². The summed E-state index contributed by atoms with van der Waals surface area (Å²) in [6.07, 6.45) is -0.129. The van der Waals surface area contributed by atoms with Crippen molar-refractivity contribution in [3.8, 4) is 28.7 Å². The maximum atomic E-state index is 6.08. The van der Waals surface area contributed by atoms with Crippen LogP contribution in [-0.4, -0.2) is 32.2 Å². The number of benzene rings is 2. The molecule has 1 aliphatic heterocycles. The van der Waals surface area contributed by atoms with E-state index in [0.29, 0.717) is 30.6 Å². The third kappa shape index (κ3) is 3.25. The van der Waals surface area contributed by atoms with Gasteiger partial charge in [-0.25, -0.2) is 4.68 Å². The number of methoxy groups -OCH3 is 1. The molecule has 4 aromatic rings. The van der Waals surface area contributed by atoms with E-state index in [1.807, 2.05) is 47.1 Å². The molecule has 1 aliphatic rings. The molecule has 1 atom stereocenters. The number of aromatic nitrogens is 5. The molecule has 3 heterocycles. The topological polar surface area (TPSA) is 88.1 Å². The molecule has 0 bridgehead atoms. The molecule has 0 radical (unpaired) electrons. The van der Waals surface area contributed by atoms with Gasteiger partial charge in [0, 0.05) is 5.56 Å². The van der Waals surface area contributed by atoms with Gasteiger partial charge in [0.05, 0.1) is 26.0 Å². The highest BCUT2D eigenvalue weighted by Gasteiger charge is 2.28. The summed E-state index contributed by atoms with van der Waals surface area (Å²) in [5.74, 6) is 1.67. The normalized spacial score (nSPS) is 15.8. The number of aryl methyl sites for hydroxylation is 2. The third-order valence-electron chi connectivity index (χ3n) is 5.46. The number of nitrogens with zero attached hydrogens (tertiary/aromatic N) is 5. The zero-order chi connectivity index (χ0) is 20.7. The Morgan fingerprint density at radius 1 is 1.10 bits per heavy atom. The second-order valence-electron chi connectivity index (χ2n) is 7.37. The lowest BCUT2D eigenvalue weighted by atomic mass is 10.1. The molecule has 0 N–H and O–H groups in total. The van der Waals surface area contributed by atoms with Crippen LogP contribution in [0.15, 0.2) is 47.0 Å². The molecule has 0 saturated carbocycles. The van der Waals surface area contributed by atoms with Gasteiger partial charge in [0.2, 0.25) is 5.82 Å². The molecule has 0 fully saturated rings. The van der Waals surface area contributed by atoms with Crippen molar-refractivity contribution in [1.82, 2.24) is 25.1 Å². The highest BCUT2D eigenvalue weighted by molar-refractivity contribution is 5.60. The fraction of sp³-hybridized carbons (Fsp3) is 0.273. The molecule has 0 spiro atoms. The Bertz CT molecular complexity index is 1210. The number of ether oxygens (including phenoxy) is 2. The molecule has 2 aromatic carbocycles. The molecule has 5 rings (SSSR count). The Morgan fingerprint density at radius 3 is 2.83 bits per heavy atom. The van der Waals surface area contributed by atoms with Crippen molar-refractivity contribution >= 4 is 0 Å². The summed E-state index contributed by atoms with van der Waals surface area (Å²) in [5, 5.41) is 12.7. The van der Waals surface area contributed by atoms with Crippen LogP contribution in [-0.2, 0) is 17.9 Å². The van der Waals surface area contributed by atoms with Crippen LogP contribution in [0, 0.1) is 13.8 Å². The van der Waals surface area contributed by atoms with E-state index in [1.165, 1.54) is 11.1 Å². The van der Waals surface area contributed by atoms with E-state index in [4.69, 9.17) is 14.0 Å². The monoisotopic (exact) mass is 403 g/mol. The van der Waals surface area contributed by atoms with Gasteiger partial charge in [0.15, 0.2) is 5.69 Å². The lowest BCUT2D eigenvalue weighted by Crippen LogP contribution is -2.22. The van der Waals surface area contributed by atoms with Crippen LogP contribution in [0.1, 0.15) is 28.5 Å². The Labute approximate surface area is 173 Å². The van der Waals surface area contributed by atoms with Gasteiger partial charge in [-0.15, -0.1) is 5.10 Å². The molecule has 0 aliphatic carbocycles.